The van der Waals surface area contributed by atoms with Gasteiger partial charge in [-0.25, -0.2) is 0 Å². The summed E-state index contributed by atoms with van der Waals surface area (Å²) < 4.78 is 36.4. The number of rotatable bonds is 26. The minimum atomic E-state index is -2.27. The van der Waals surface area contributed by atoms with Crippen LogP contribution >= 0.6 is 0 Å². The molecule has 3 atom stereocenters. The second-order valence-electron chi connectivity index (χ2n) is 19.6. The van der Waals surface area contributed by atoms with E-state index in [1.807, 2.05) is 106 Å². The van der Waals surface area contributed by atoms with Crippen molar-refractivity contribution in [3.8, 4) is 23.0 Å². The fourth-order valence-electron chi connectivity index (χ4n) is 8.69. The molecular formula is C66H74O8Si2. The molecule has 0 heterocycles. The van der Waals surface area contributed by atoms with Crippen LogP contribution in [-0.2, 0) is 26.5 Å². The molecule has 76 heavy (non-hydrogen) atoms. The Kier molecular flexibility index (Phi) is 21.4. The number of carbonyl (C=O) groups excluding carboxylic acids is 1. The molecule has 3 unspecified atom stereocenters. The number of aliphatic hydroxyl groups excluding tert-OH is 1. The van der Waals surface area contributed by atoms with Gasteiger partial charge in [-0.2, -0.15) is 0 Å². The smallest absolute Gasteiger partial charge is 0.252 e. The first kappa shape index (κ1) is 56.7. The predicted octanol–water partition coefficient (Wildman–Crippen LogP) is 11.3. The van der Waals surface area contributed by atoms with E-state index in [1.54, 1.807) is 6.92 Å². The average molecular weight is 1050 g/mol. The molecule has 0 amide bonds. The highest BCUT2D eigenvalue weighted by atomic mass is 28.4. The molecule has 0 saturated heterocycles. The second kappa shape index (κ2) is 28.7. The lowest BCUT2D eigenvalue weighted by molar-refractivity contribution is -0.127. The van der Waals surface area contributed by atoms with Gasteiger partial charge in [-0.1, -0.05) is 181 Å². The van der Waals surface area contributed by atoms with Crippen LogP contribution in [0.2, 0.25) is 13.1 Å². The molecule has 394 valence electrons. The van der Waals surface area contributed by atoms with Crippen molar-refractivity contribution < 1.29 is 37.7 Å². The van der Waals surface area contributed by atoms with Crippen molar-refractivity contribution in [3.63, 3.8) is 0 Å². The highest BCUT2D eigenvalue weighted by molar-refractivity contribution is 6.97. The van der Waals surface area contributed by atoms with E-state index >= 15 is 0 Å². The maximum absolute atomic E-state index is 12.5. The number of hydrogen-bond acceptors (Lipinski definition) is 8. The summed E-state index contributed by atoms with van der Waals surface area (Å²) in [6.45, 7) is 13.8. The zero-order valence-electron chi connectivity index (χ0n) is 45.0. The van der Waals surface area contributed by atoms with Gasteiger partial charge in [-0.15, -0.1) is 0 Å². The Labute approximate surface area is 453 Å². The lowest BCUT2D eigenvalue weighted by atomic mass is 10.1. The summed E-state index contributed by atoms with van der Waals surface area (Å²) in [4.78, 5) is 12.5. The Hall–Kier alpha value is -7.06. The summed E-state index contributed by atoms with van der Waals surface area (Å²) in [6, 6.07) is 73.9. The molecule has 0 aliphatic carbocycles. The number of aryl methyl sites for hydroxylation is 4. The van der Waals surface area contributed by atoms with Crippen LogP contribution in [0.3, 0.4) is 0 Å². The summed E-state index contributed by atoms with van der Waals surface area (Å²) >= 11 is 0. The molecule has 1 N–H and O–H groups in total. The fourth-order valence-corrected chi connectivity index (χ4v) is 14.4. The molecule has 0 radical (unpaired) electrons. The van der Waals surface area contributed by atoms with E-state index in [2.05, 4.69) is 147 Å². The standard InChI is InChI=1S/C33H38O4Si.C33H36O4Si/c2*1-26-16-20-29(21-17-26)35-25-33(34)27(2)37-30-22-18-28(19-23-30)11-10-24-36-38(3,31-12-6-4-7-13-31)32-14-8-5-9-15-32/h4-9,12-23,27,33-34H,10-11,24-25H2,1-3H3;4-9,12-23,27H,10-11,24-25H2,1-3H3. The Morgan fingerprint density at radius 2 is 0.789 bits per heavy atom. The zero-order chi connectivity index (χ0) is 53.6. The van der Waals surface area contributed by atoms with E-state index in [1.165, 1.54) is 37.4 Å². The molecule has 0 fully saturated rings. The first-order valence-corrected chi connectivity index (χ1v) is 31.3. The van der Waals surface area contributed by atoms with Gasteiger partial charge >= 0.3 is 0 Å². The van der Waals surface area contributed by atoms with Crippen LogP contribution in [0.25, 0.3) is 0 Å². The van der Waals surface area contributed by atoms with Gasteiger partial charge < -0.3 is 32.9 Å². The van der Waals surface area contributed by atoms with Crippen molar-refractivity contribution in [3.05, 3.63) is 241 Å². The van der Waals surface area contributed by atoms with Crippen molar-refractivity contribution in [1.29, 1.82) is 0 Å². The lowest BCUT2D eigenvalue weighted by Gasteiger charge is -2.28. The summed E-state index contributed by atoms with van der Waals surface area (Å²) in [6.07, 6.45) is 1.99. The summed E-state index contributed by atoms with van der Waals surface area (Å²) in [5.41, 5.74) is 4.77. The maximum atomic E-state index is 12.5. The Morgan fingerprint density at radius 3 is 1.17 bits per heavy atom. The van der Waals surface area contributed by atoms with E-state index in [-0.39, 0.29) is 19.0 Å². The number of aliphatic hydroxyl groups is 1. The van der Waals surface area contributed by atoms with Gasteiger partial charge in [-0.05, 0) is 147 Å². The molecule has 0 spiro atoms. The minimum absolute atomic E-state index is 0.0174. The van der Waals surface area contributed by atoms with Crippen LogP contribution in [0.1, 0.15) is 48.9 Å². The molecule has 8 aromatic rings. The average Bonchev–Trinajstić information content (AvgIpc) is 3.47. The van der Waals surface area contributed by atoms with Crippen molar-refractivity contribution >= 4 is 43.2 Å². The van der Waals surface area contributed by atoms with Crippen molar-refractivity contribution in [2.45, 2.75) is 84.8 Å². The van der Waals surface area contributed by atoms with Gasteiger partial charge in [0, 0.05) is 13.2 Å². The van der Waals surface area contributed by atoms with Gasteiger partial charge in [0.05, 0.1) is 0 Å². The van der Waals surface area contributed by atoms with E-state index in [9.17, 15) is 9.90 Å². The third-order valence-electron chi connectivity index (χ3n) is 13.6. The van der Waals surface area contributed by atoms with Gasteiger partial charge in [0.1, 0.15) is 41.8 Å². The number of Topliss-reactive ketones (excluding diaryl/α,β-unsaturated/α-hetero) is 1. The molecule has 8 aromatic carbocycles. The molecule has 0 aromatic heterocycles. The van der Waals surface area contributed by atoms with Crippen molar-refractivity contribution in [1.82, 2.24) is 0 Å². The minimum Gasteiger partial charge on any atom is -0.491 e. The molecule has 0 saturated carbocycles. The van der Waals surface area contributed by atoms with Crippen molar-refractivity contribution in [2.75, 3.05) is 26.4 Å². The molecule has 8 rings (SSSR count). The first-order chi connectivity index (χ1) is 36.9. The maximum Gasteiger partial charge on any atom is 0.252 e. The van der Waals surface area contributed by atoms with E-state index in [0.29, 0.717) is 24.7 Å². The third-order valence-corrected chi connectivity index (χ3v) is 20.9. The zero-order valence-corrected chi connectivity index (χ0v) is 47.0. The van der Waals surface area contributed by atoms with Crippen LogP contribution in [0.15, 0.2) is 218 Å². The predicted molar refractivity (Wildman–Crippen MR) is 314 cm³/mol. The summed E-state index contributed by atoms with van der Waals surface area (Å²) in [5, 5.41) is 15.6. The van der Waals surface area contributed by atoms with E-state index in [0.717, 1.165) is 42.7 Å². The molecule has 0 aliphatic rings. The topological polar surface area (TPSA) is 92.7 Å². The molecular weight excluding hydrogens is 977 g/mol. The van der Waals surface area contributed by atoms with Crippen LogP contribution < -0.4 is 39.7 Å². The van der Waals surface area contributed by atoms with Crippen LogP contribution in [-0.4, -0.2) is 72.3 Å². The van der Waals surface area contributed by atoms with Crippen LogP contribution in [0.5, 0.6) is 23.0 Å². The number of hydrogen-bond donors (Lipinski definition) is 1. The van der Waals surface area contributed by atoms with Gasteiger partial charge in [0.2, 0.25) is 5.78 Å². The van der Waals surface area contributed by atoms with Gasteiger partial charge in [-0.3, -0.25) is 4.79 Å². The first-order valence-electron chi connectivity index (χ1n) is 26.5. The number of ether oxygens (including phenoxy) is 4. The number of carbonyl (C=O) groups is 1. The summed E-state index contributed by atoms with van der Waals surface area (Å²) in [7, 11) is -4.53. The van der Waals surface area contributed by atoms with Gasteiger partial charge in [0.25, 0.3) is 16.6 Å². The second-order valence-corrected chi connectivity index (χ2v) is 26.6. The Bertz CT molecular complexity index is 2830. The molecule has 10 heteroatoms. The molecule has 0 bridgehead atoms. The van der Waals surface area contributed by atoms with Crippen LogP contribution in [0.4, 0.5) is 0 Å². The molecule has 0 aliphatic heterocycles. The van der Waals surface area contributed by atoms with E-state index in [4.69, 9.17) is 27.8 Å². The third kappa shape index (κ3) is 17.0. The summed E-state index contributed by atoms with van der Waals surface area (Å²) in [5.74, 6) is 2.73. The quantitative estimate of drug-likeness (QED) is 0.0424. The number of ketones is 1. The van der Waals surface area contributed by atoms with Crippen LogP contribution in [0, 0.1) is 13.8 Å². The van der Waals surface area contributed by atoms with Crippen molar-refractivity contribution in [2.24, 2.45) is 0 Å². The number of benzene rings is 8. The normalized spacial score (nSPS) is 12.6. The Morgan fingerprint density at radius 1 is 0.447 bits per heavy atom. The van der Waals surface area contributed by atoms with E-state index < -0.39 is 34.9 Å². The van der Waals surface area contributed by atoms with Gasteiger partial charge in [0.15, 0.2) is 12.7 Å². The monoisotopic (exact) mass is 1050 g/mol. The largest absolute Gasteiger partial charge is 0.491 e. The SMILES string of the molecule is Cc1ccc(OCC(=O)C(C)Oc2ccc(CCCO[Si](C)(c3ccccc3)c3ccccc3)cc2)cc1.Cc1ccc(OCC(O)C(C)Oc2ccc(CCCO[Si](C)(c3ccccc3)c3ccccc3)cc2)cc1. The highest BCUT2D eigenvalue weighted by Gasteiger charge is 2.35. The lowest BCUT2D eigenvalue weighted by Crippen LogP contribution is -2.58. The molecule has 8 nitrogen and oxygen atoms in total. The Balaban J connectivity index is 0.000000221. The highest BCUT2D eigenvalue weighted by Crippen LogP contribution is 2.20. The fraction of sp³-hybridized carbons (Fsp3) is 0.258.